The number of carbonyl (C=O) groups is 2. The van der Waals surface area contributed by atoms with Gasteiger partial charge < -0.3 is 14.4 Å². The fourth-order valence-electron chi connectivity index (χ4n) is 3.90. The lowest BCUT2D eigenvalue weighted by Crippen LogP contribution is -2.36. The van der Waals surface area contributed by atoms with Crippen LogP contribution in [0.2, 0.25) is 0 Å². The maximum absolute atomic E-state index is 11.6. The molecule has 1 aliphatic heterocycles. The van der Waals surface area contributed by atoms with Gasteiger partial charge in [-0.3, -0.25) is 4.79 Å². The molecule has 0 radical (unpaired) electrons. The zero-order chi connectivity index (χ0) is 19.0. The van der Waals surface area contributed by atoms with E-state index in [1.807, 2.05) is 35.2 Å². The molecule has 4 rings (SSSR count). The summed E-state index contributed by atoms with van der Waals surface area (Å²) in [5.74, 6) is 0.249. The Labute approximate surface area is 157 Å². The van der Waals surface area contributed by atoms with Crippen LogP contribution < -0.4 is 0 Å². The van der Waals surface area contributed by atoms with Crippen LogP contribution >= 0.6 is 0 Å². The molecule has 27 heavy (non-hydrogen) atoms. The normalized spacial score (nSPS) is 15.2. The quantitative estimate of drug-likeness (QED) is 0.742. The minimum atomic E-state index is -0.951. The minimum Gasteiger partial charge on any atom is -0.478 e. The maximum Gasteiger partial charge on any atom is 0.335 e. The van der Waals surface area contributed by atoms with Crippen molar-refractivity contribution in [2.45, 2.75) is 25.7 Å². The second kappa shape index (κ2) is 6.91. The standard InChI is InChI=1S/C22H21NO4/c1-14(24)23-11-9-16(10-12-23)21-20(15-5-3-2-4-6-15)18-13-17(22(25)26)7-8-19(18)27-21/h2-8,13,16H,9-12H2,1H3,(H,25,26). The fourth-order valence-corrected chi connectivity index (χ4v) is 3.90. The van der Waals surface area contributed by atoms with Gasteiger partial charge in [-0.25, -0.2) is 4.79 Å². The lowest BCUT2D eigenvalue weighted by atomic mass is 9.89. The van der Waals surface area contributed by atoms with Gasteiger partial charge >= 0.3 is 5.97 Å². The van der Waals surface area contributed by atoms with Gasteiger partial charge in [0.05, 0.1) is 5.56 Å². The van der Waals surface area contributed by atoms with E-state index >= 15 is 0 Å². The van der Waals surface area contributed by atoms with Gasteiger partial charge in [0.2, 0.25) is 5.91 Å². The van der Waals surface area contributed by atoms with E-state index in [0.717, 1.165) is 35.1 Å². The van der Waals surface area contributed by atoms with E-state index in [4.69, 9.17) is 4.42 Å². The minimum absolute atomic E-state index is 0.104. The van der Waals surface area contributed by atoms with Crippen LogP contribution in [0.25, 0.3) is 22.1 Å². The number of likely N-dealkylation sites (tertiary alicyclic amines) is 1. The summed E-state index contributed by atoms with van der Waals surface area (Å²) in [4.78, 5) is 24.9. The van der Waals surface area contributed by atoms with E-state index in [-0.39, 0.29) is 17.4 Å². The summed E-state index contributed by atoms with van der Waals surface area (Å²) >= 11 is 0. The van der Waals surface area contributed by atoms with Crippen molar-refractivity contribution in [3.63, 3.8) is 0 Å². The highest BCUT2D eigenvalue weighted by Gasteiger charge is 2.28. The Balaban J connectivity index is 1.82. The smallest absolute Gasteiger partial charge is 0.335 e. The lowest BCUT2D eigenvalue weighted by molar-refractivity contribution is -0.129. The van der Waals surface area contributed by atoms with Gasteiger partial charge in [-0.15, -0.1) is 0 Å². The number of amides is 1. The molecule has 1 fully saturated rings. The monoisotopic (exact) mass is 363 g/mol. The van der Waals surface area contributed by atoms with Gasteiger partial charge in [-0.05, 0) is 36.6 Å². The fraction of sp³-hybridized carbons (Fsp3) is 0.273. The summed E-state index contributed by atoms with van der Waals surface area (Å²) in [6.45, 7) is 3.03. The molecule has 1 amide bonds. The van der Waals surface area contributed by atoms with E-state index < -0.39 is 5.97 Å². The van der Waals surface area contributed by atoms with Crippen LogP contribution in [0.15, 0.2) is 52.9 Å². The Bertz CT molecular complexity index is 998. The third-order valence-corrected chi connectivity index (χ3v) is 5.34. The van der Waals surface area contributed by atoms with Crippen molar-refractivity contribution in [1.82, 2.24) is 4.90 Å². The Morgan fingerprint density at radius 2 is 1.78 bits per heavy atom. The highest BCUT2D eigenvalue weighted by atomic mass is 16.4. The van der Waals surface area contributed by atoms with Crippen molar-refractivity contribution >= 4 is 22.8 Å². The number of furan rings is 1. The highest BCUT2D eigenvalue weighted by Crippen LogP contribution is 2.42. The first kappa shape index (κ1) is 17.3. The number of carboxylic acids is 1. The molecule has 0 spiro atoms. The topological polar surface area (TPSA) is 70.8 Å². The number of hydrogen-bond donors (Lipinski definition) is 1. The molecule has 0 unspecified atom stereocenters. The molecule has 0 aliphatic carbocycles. The van der Waals surface area contributed by atoms with Crippen LogP contribution in [0.3, 0.4) is 0 Å². The second-order valence-corrected chi connectivity index (χ2v) is 7.00. The Kier molecular flexibility index (Phi) is 4.44. The molecule has 1 saturated heterocycles. The van der Waals surface area contributed by atoms with Crippen molar-refractivity contribution in [2.75, 3.05) is 13.1 Å². The molecule has 5 nitrogen and oxygen atoms in total. The molecule has 2 heterocycles. The van der Waals surface area contributed by atoms with E-state index in [2.05, 4.69) is 0 Å². The van der Waals surface area contributed by atoms with Gasteiger partial charge in [0.15, 0.2) is 0 Å². The zero-order valence-corrected chi connectivity index (χ0v) is 15.1. The number of hydrogen-bond acceptors (Lipinski definition) is 3. The van der Waals surface area contributed by atoms with Gasteiger partial charge in [0, 0.05) is 36.9 Å². The van der Waals surface area contributed by atoms with Crippen molar-refractivity contribution in [1.29, 1.82) is 0 Å². The van der Waals surface area contributed by atoms with E-state index in [9.17, 15) is 14.7 Å². The van der Waals surface area contributed by atoms with Crippen molar-refractivity contribution in [3.05, 3.63) is 59.9 Å². The number of nitrogens with zero attached hydrogens (tertiary/aromatic N) is 1. The predicted molar refractivity (Wildman–Crippen MR) is 103 cm³/mol. The molecule has 1 aliphatic rings. The first-order chi connectivity index (χ1) is 13.0. The molecule has 2 aromatic carbocycles. The van der Waals surface area contributed by atoms with Gasteiger partial charge in [0.1, 0.15) is 11.3 Å². The Morgan fingerprint density at radius 3 is 2.41 bits per heavy atom. The van der Waals surface area contributed by atoms with Gasteiger partial charge in [-0.2, -0.15) is 0 Å². The highest BCUT2D eigenvalue weighted by molar-refractivity contribution is 6.00. The number of benzene rings is 2. The largest absolute Gasteiger partial charge is 0.478 e. The molecular weight excluding hydrogens is 342 g/mol. The first-order valence-electron chi connectivity index (χ1n) is 9.15. The third kappa shape index (κ3) is 3.21. The molecule has 0 atom stereocenters. The maximum atomic E-state index is 11.6. The average molecular weight is 363 g/mol. The zero-order valence-electron chi connectivity index (χ0n) is 15.1. The molecule has 5 heteroatoms. The number of carboxylic acid groups (broad SMARTS) is 1. The summed E-state index contributed by atoms with van der Waals surface area (Å²) in [5, 5.41) is 10.2. The SMILES string of the molecule is CC(=O)N1CCC(c2oc3ccc(C(=O)O)cc3c2-c2ccccc2)CC1. The lowest BCUT2D eigenvalue weighted by Gasteiger charge is -2.30. The van der Waals surface area contributed by atoms with Crippen molar-refractivity contribution in [3.8, 4) is 11.1 Å². The summed E-state index contributed by atoms with van der Waals surface area (Å²) in [6, 6.07) is 14.9. The summed E-state index contributed by atoms with van der Waals surface area (Å²) < 4.78 is 6.23. The van der Waals surface area contributed by atoms with Crippen LogP contribution in [0.4, 0.5) is 0 Å². The van der Waals surface area contributed by atoms with Crippen LogP contribution in [0.1, 0.15) is 41.8 Å². The van der Waals surface area contributed by atoms with Crippen molar-refractivity contribution < 1.29 is 19.1 Å². The first-order valence-corrected chi connectivity index (χ1v) is 9.15. The number of fused-ring (bicyclic) bond motifs is 1. The average Bonchev–Trinajstić information content (AvgIpc) is 3.07. The van der Waals surface area contributed by atoms with Crippen LogP contribution in [-0.2, 0) is 4.79 Å². The van der Waals surface area contributed by atoms with Crippen molar-refractivity contribution in [2.24, 2.45) is 0 Å². The molecule has 3 aromatic rings. The molecular formula is C22H21NO4. The predicted octanol–water partition coefficient (Wildman–Crippen LogP) is 4.52. The Hall–Kier alpha value is -3.08. The summed E-state index contributed by atoms with van der Waals surface area (Å²) in [6.07, 6.45) is 1.68. The third-order valence-electron chi connectivity index (χ3n) is 5.34. The molecule has 1 N–H and O–H groups in total. The Morgan fingerprint density at radius 1 is 1.07 bits per heavy atom. The van der Waals surface area contributed by atoms with E-state index in [0.29, 0.717) is 18.7 Å². The molecule has 0 saturated carbocycles. The molecule has 138 valence electrons. The number of aromatic carboxylic acids is 1. The van der Waals surface area contributed by atoms with E-state index in [1.54, 1.807) is 25.1 Å². The van der Waals surface area contributed by atoms with Gasteiger partial charge in [-0.1, -0.05) is 30.3 Å². The van der Waals surface area contributed by atoms with Gasteiger partial charge in [0.25, 0.3) is 0 Å². The summed E-state index contributed by atoms with van der Waals surface area (Å²) in [5.41, 5.74) is 2.93. The van der Waals surface area contributed by atoms with Crippen LogP contribution in [0, 0.1) is 0 Å². The molecule has 1 aromatic heterocycles. The number of rotatable bonds is 3. The number of piperidine rings is 1. The second-order valence-electron chi connectivity index (χ2n) is 7.00. The van der Waals surface area contributed by atoms with E-state index in [1.165, 1.54) is 0 Å². The summed E-state index contributed by atoms with van der Waals surface area (Å²) in [7, 11) is 0. The number of carbonyl (C=O) groups excluding carboxylic acids is 1. The van der Waals surface area contributed by atoms with Crippen LogP contribution in [0.5, 0.6) is 0 Å². The van der Waals surface area contributed by atoms with Crippen LogP contribution in [-0.4, -0.2) is 35.0 Å². The molecule has 0 bridgehead atoms.